The minimum atomic E-state index is -0.0944. The summed E-state index contributed by atoms with van der Waals surface area (Å²) in [6, 6.07) is 20.3. The molecular formula is C29H39N3O3. The number of hydrogen-bond donors (Lipinski definition) is 0. The number of carbonyl (C=O) groups is 2. The molecule has 4 rings (SSSR count). The standard InChI is InChI=1S/C29H39N3O3/c1-30(25-13-9-10-14-25)22-29(34)32-18-17-27(35-26-15-7-4-8-16-26)24(21-32)19-28(33)31(2)20-23-11-5-3-6-12-23/h3-8,11-12,15-16,24-25,27H,9-10,13-14,17-22H2,1-2H3/t24-,27-/m0/s1. The smallest absolute Gasteiger partial charge is 0.236 e. The lowest BCUT2D eigenvalue weighted by atomic mass is 9.90. The fourth-order valence-corrected chi connectivity index (χ4v) is 5.38. The summed E-state index contributed by atoms with van der Waals surface area (Å²) in [4.78, 5) is 32.3. The van der Waals surface area contributed by atoms with E-state index in [0.717, 1.165) is 17.7 Å². The summed E-state index contributed by atoms with van der Waals surface area (Å²) in [5, 5.41) is 0. The molecule has 6 heteroatoms. The first-order valence-corrected chi connectivity index (χ1v) is 13.0. The second-order valence-electron chi connectivity index (χ2n) is 10.2. The van der Waals surface area contributed by atoms with Gasteiger partial charge in [0.05, 0.1) is 6.54 Å². The van der Waals surface area contributed by atoms with Gasteiger partial charge in [0.2, 0.25) is 11.8 Å². The Balaban J connectivity index is 1.40. The average Bonchev–Trinajstić information content (AvgIpc) is 3.41. The van der Waals surface area contributed by atoms with Crippen molar-refractivity contribution in [3.63, 3.8) is 0 Å². The van der Waals surface area contributed by atoms with Crippen LogP contribution >= 0.6 is 0 Å². The number of likely N-dealkylation sites (tertiary alicyclic amines) is 1. The largest absolute Gasteiger partial charge is 0.490 e. The van der Waals surface area contributed by atoms with E-state index in [-0.39, 0.29) is 23.8 Å². The van der Waals surface area contributed by atoms with Gasteiger partial charge in [-0.05, 0) is 37.6 Å². The molecule has 2 aliphatic rings. The summed E-state index contributed by atoms with van der Waals surface area (Å²) in [5.74, 6) is 1.01. The van der Waals surface area contributed by atoms with Crippen molar-refractivity contribution in [3.8, 4) is 5.75 Å². The third-order valence-electron chi connectivity index (χ3n) is 7.51. The van der Waals surface area contributed by atoms with Crippen molar-refractivity contribution in [1.82, 2.24) is 14.7 Å². The number of rotatable bonds is 9. The quantitative estimate of drug-likeness (QED) is 0.543. The Morgan fingerprint density at radius 2 is 1.60 bits per heavy atom. The zero-order valence-corrected chi connectivity index (χ0v) is 21.1. The first-order valence-electron chi connectivity index (χ1n) is 13.0. The van der Waals surface area contributed by atoms with Crippen LogP contribution in [0.2, 0.25) is 0 Å². The Hall–Kier alpha value is -2.86. The van der Waals surface area contributed by atoms with Crippen molar-refractivity contribution in [2.75, 3.05) is 33.7 Å². The van der Waals surface area contributed by atoms with E-state index in [1.54, 1.807) is 4.90 Å². The Labute approximate surface area is 209 Å². The Kier molecular flexibility index (Phi) is 8.80. The number of ether oxygens (including phenoxy) is 1. The van der Waals surface area contributed by atoms with Crippen LogP contribution in [-0.2, 0) is 16.1 Å². The summed E-state index contributed by atoms with van der Waals surface area (Å²) in [6.07, 6.45) is 5.88. The van der Waals surface area contributed by atoms with Crippen LogP contribution in [0, 0.1) is 5.92 Å². The van der Waals surface area contributed by atoms with E-state index in [4.69, 9.17) is 4.74 Å². The lowest BCUT2D eigenvalue weighted by Gasteiger charge is -2.39. The number of amides is 2. The van der Waals surface area contributed by atoms with Gasteiger partial charge < -0.3 is 14.5 Å². The van der Waals surface area contributed by atoms with Crippen LogP contribution in [0.1, 0.15) is 44.1 Å². The van der Waals surface area contributed by atoms with E-state index >= 15 is 0 Å². The maximum absolute atomic E-state index is 13.2. The summed E-state index contributed by atoms with van der Waals surface area (Å²) in [5.41, 5.74) is 1.11. The van der Waals surface area contributed by atoms with Crippen LogP contribution in [0.15, 0.2) is 60.7 Å². The minimum Gasteiger partial charge on any atom is -0.490 e. The molecule has 2 aromatic carbocycles. The molecule has 2 amide bonds. The van der Waals surface area contributed by atoms with E-state index < -0.39 is 0 Å². The second kappa shape index (κ2) is 12.2. The highest BCUT2D eigenvalue weighted by Gasteiger charge is 2.35. The molecule has 0 unspecified atom stereocenters. The van der Waals surface area contributed by atoms with Crippen molar-refractivity contribution in [3.05, 3.63) is 66.2 Å². The van der Waals surface area contributed by atoms with Crippen molar-refractivity contribution in [1.29, 1.82) is 0 Å². The van der Waals surface area contributed by atoms with Crippen LogP contribution in [0.25, 0.3) is 0 Å². The number of nitrogens with zero attached hydrogens (tertiary/aromatic N) is 3. The summed E-state index contributed by atoms with van der Waals surface area (Å²) >= 11 is 0. The SMILES string of the molecule is CN(Cc1ccccc1)C(=O)C[C@H]1CN(C(=O)CN(C)C2CCCC2)CC[C@@H]1Oc1ccccc1. The molecular weight excluding hydrogens is 438 g/mol. The molecule has 35 heavy (non-hydrogen) atoms. The highest BCUT2D eigenvalue weighted by atomic mass is 16.5. The van der Waals surface area contributed by atoms with Gasteiger partial charge >= 0.3 is 0 Å². The van der Waals surface area contributed by atoms with E-state index in [2.05, 4.69) is 11.9 Å². The van der Waals surface area contributed by atoms with Crippen molar-refractivity contribution >= 4 is 11.8 Å². The molecule has 1 aliphatic heterocycles. The van der Waals surface area contributed by atoms with Gasteiger partial charge in [-0.15, -0.1) is 0 Å². The molecule has 1 heterocycles. The van der Waals surface area contributed by atoms with E-state index in [1.807, 2.05) is 72.6 Å². The van der Waals surface area contributed by atoms with Gasteiger partial charge in [0.1, 0.15) is 11.9 Å². The fraction of sp³-hybridized carbons (Fsp3) is 0.517. The zero-order chi connectivity index (χ0) is 24.6. The van der Waals surface area contributed by atoms with Crippen LogP contribution in [0.5, 0.6) is 5.75 Å². The summed E-state index contributed by atoms with van der Waals surface area (Å²) in [7, 11) is 3.92. The number of benzene rings is 2. The normalized spacial score (nSPS) is 20.7. The highest BCUT2D eigenvalue weighted by Crippen LogP contribution is 2.27. The van der Waals surface area contributed by atoms with Gasteiger partial charge in [-0.1, -0.05) is 61.4 Å². The Morgan fingerprint density at radius 1 is 0.943 bits per heavy atom. The molecule has 1 aliphatic carbocycles. The van der Waals surface area contributed by atoms with Crippen LogP contribution in [-0.4, -0.2) is 72.4 Å². The lowest BCUT2D eigenvalue weighted by molar-refractivity contribution is -0.139. The Bertz CT molecular complexity index is 946. The number of piperidine rings is 1. The molecule has 0 spiro atoms. The van der Waals surface area contributed by atoms with Crippen LogP contribution in [0.4, 0.5) is 0 Å². The Morgan fingerprint density at radius 3 is 2.29 bits per heavy atom. The summed E-state index contributed by atoms with van der Waals surface area (Å²) in [6.45, 7) is 2.24. The van der Waals surface area contributed by atoms with Crippen LogP contribution < -0.4 is 4.74 Å². The zero-order valence-electron chi connectivity index (χ0n) is 21.1. The monoisotopic (exact) mass is 477 g/mol. The van der Waals surface area contributed by atoms with Gasteiger partial charge in [0.15, 0.2) is 0 Å². The first-order chi connectivity index (χ1) is 17.0. The molecule has 0 bridgehead atoms. The summed E-state index contributed by atoms with van der Waals surface area (Å²) < 4.78 is 6.34. The van der Waals surface area contributed by atoms with Gasteiger partial charge in [-0.2, -0.15) is 0 Å². The van der Waals surface area contributed by atoms with E-state index in [0.29, 0.717) is 38.6 Å². The van der Waals surface area contributed by atoms with Crippen molar-refractivity contribution in [2.45, 2.75) is 57.2 Å². The van der Waals surface area contributed by atoms with Gasteiger partial charge in [-0.25, -0.2) is 0 Å². The predicted molar refractivity (Wildman–Crippen MR) is 138 cm³/mol. The highest BCUT2D eigenvalue weighted by molar-refractivity contribution is 5.79. The molecule has 2 atom stereocenters. The molecule has 0 radical (unpaired) electrons. The van der Waals surface area contributed by atoms with Crippen molar-refractivity contribution < 1.29 is 14.3 Å². The number of carbonyl (C=O) groups excluding carboxylic acids is 2. The van der Waals surface area contributed by atoms with E-state index in [1.165, 1.54) is 25.7 Å². The average molecular weight is 478 g/mol. The van der Waals surface area contributed by atoms with Gasteiger partial charge in [0, 0.05) is 51.5 Å². The number of hydrogen-bond acceptors (Lipinski definition) is 4. The molecule has 2 aromatic rings. The molecule has 0 N–H and O–H groups in total. The predicted octanol–water partition coefficient (Wildman–Crippen LogP) is 4.21. The lowest BCUT2D eigenvalue weighted by Crippen LogP contribution is -2.51. The molecule has 6 nitrogen and oxygen atoms in total. The third kappa shape index (κ3) is 7.07. The topological polar surface area (TPSA) is 53.1 Å². The van der Waals surface area contributed by atoms with E-state index in [9.17, 15) is 9.59 Å². The van der Waals surface area contributed by atoms with Crippen LogP contribution in [0.3, 0.4) is 0 Å². The molecule has 188 valence electrons. The second-order valence-corrected chi connectivity index (χ2v) is 10.2. The third-order valence-corrected chi connectivity index (χ3v) is 7.51. The molecule has 2 fully saturated rings. The molecule has 1 saturated carbocycles. The maximum Gasteiger partial charge on any atom is 0.236 e. The molecule has 1 saturated heterocycles. The number of likely N-dealkylation sites (N-methyl/N-ethyl adjacent to an activating group) is 1. The first kappa shape index (κ1) is 25.2. The fourth-order valence-electron chi connectivity index (χ4n) is 5.38. The van der Waals surface area contributed by atoms with Crippen molar-refractivity contribution in [2.24, 2.45) is 5.92 Å². The number of para-hydroxylation sites is 1. The van der Waals surface area contributed by atoms with Gasteiger partial charge in [0.25, 0.3) is 0 Å². The molecule has 0 aromatic heterocycles. The minimum absolute atomic E-state index is 0.0459. The van der Waals surface area contributed by atoms with Gasteiger partial charge in [-0.3, -0.25) is 14.5 Å². The maximum atomic E-state index is 13.2.